The highest BCUT2D eigenvalue weighted by atomic mass is 16.2. The standard InChI is InChI=1S/C18H28N8O/c1-13-14(11-22-24-13)10-21-18(27)26-8-3-4-15(6-9-26)25(2)12-17-20-7-5-16(19)23-17/h5,7,11,15H,3-4,6,8-10,12H2,1-2H3,(H,21,27)(H,22,24)(H2,19,20,23)/t15-/m1/s1. The molecule has 1 aliphatic heterocycles. The fourth-order valence-corrected chi connectivity index (χ4v) is 3.40. The van der Waals surface area contributed by atoms with Crippen LogP contribution in [0.2, 0.25) is 0 Å². The van der Waals surface area contributed by atoms with E-state index in [1.54, 1.807) is 18.5 Å². The molecule has 0 saturated carbocycles. The van der Waals surface area contributed by atoms with E-state index >= 15 is 0 Å². The minimum Gasteiger partial charge on any atom is -0.384 e. The highest BCUT2D eigenvalue weighted by molar-refractivity contribution is 5.74. The Kier molecular flexibility index (Phi) is 6.23. The number of likely N-dealkylation sites (tertiary alicyclic amines) is 1. The molecule has 9 nitrogen and oxygen atoms in total. The average Bonchev–Trinajstić information content (AvgIpc) is 2.90. The number of nitrogens with one attached hydrogen (secondary N) is 2. The van der Waals surface area contributed by atoms with Crippen molar-refractivity contribution in [2.24, 2.45) is 0 Å². The molecule has 146 valence electrons. The summed E-state index contributed by atoms with van der Waals surface area (Å²) in [6, 6.07) is 2.07. The number of aromatic amines is 1. The van der Waals surface area contributed by atoms with Crippen LogP contribution in [0.1, 0.15) is 36.3 Å². The van der Waals surface area contributed by atoms with Gasteiger partial charge in [0.05, 0.1) is 12.7 Å². The van der Waals surface area contributed by atoms with Crippen molar-refractivity contribution < 1.29 is 4.79 Å². The SMILES string of the molecule is Cc1[nH]ncc1CNC(=O)N1CCC[C@@H](N(C)Cc2nccc(N)n2)CC1. The number of hydrogen-bond acceptors (Lipinski definition) is 6. The molecule has 2 aromatic heterocycles. The van der Waals surface area contributed by atoms with E-state index in [1.807, 2.05) is 11.8 Å². The lowest BCUT2D eigenvalue weighted by Crippen LogP contribution is -2.41. The Morgan fingerprint density at radius 2 is 2.30 bits per heavy atom. The van der Waals surface area contributed by atoms with Crippen LogP contribution in [0.5, 0.6) is 0 Å². The van der Waals surface area contributed by atoms with Crippen molar-refractivity contribution in [3.8, 4) is 0 Å². The van der Waals surface area contributed by atoms with Gasteiger partial charge in [0.2, 0.25) is 0 Å². The highest BCUT2D eigenvalue weighted by Gasteiger charge is 2.23. The number of nitrogens with zero attached hydrogens (tertiary/aromatic N) is 5. The van der Waals surface area contributed by atoms with Crippen molar-refractivity contribution in [3.63, 3.8) is 0 Å². The molecular weight excluding hydrogens is 344 g/mol. The molecule has 1 saturated heterocycles. The molecule has 0 bridgehead atoms. The number of urea groups is 1. The first-order chi connectivity index (χ1) is 13.0. The van der Waals surface area contributed by atoms with Gasteiger partial charge in [-0.3, -0.25) is 10.00 Å². The van der Waals surface area contributed by atoms with Crippen molar-refractivity contribution in [3.05, 3.63) is 35.5 Å². The molecule has 1 atom stereocenters. The van der Waals surface area contributed by atoms with Gasteiger partial charge >= 0.3 is 6.03 Å². The number of anilines is 1. The van der Waals surface area contributed by atoms with Crippen molar-refractivity contribution in [1.29, 1.82) is 0 Å². The number of aryl methyl sites for hydroxylation is 1. The van der Waals surface area contributed by atoms with Crippen LogP contribution in [-0.4, -0.2) is 62.2 Å². The van der Waals surface area contributed by atoms with Crippen LogP contribution in [0.3, 0.4) is 0 Å². The van der Waals surface area contributed by atoms with Crippen LogP contribution >= 0.6 is 0 Å². The van der Waals surface area contributed by atoms with E-state index in [1.165, 1.54) is 0 Å². The van der Waals surface area contributed by atoms with Crippen LogP contribution in [-0.2, 0) is 13.1 Å². The number of H-pyrrole nitrogens is 1. The number of nitrogen functional groups attached to an aromatic ring is 1. The van der Waals surface area contributed by atoms with Crippen LogP contribution in [0.4, 0.5) is 10.6 Å². The summed E-state index contributed by atoms with van der Waals surface area (Å²) >= 11 is 0. The second kappa shape index (κ2) is 8.81. The van der Waals surface area contributed by atoms with E-state index in [9.17, 15) is 4.79 Å². The topological polar surface area (TPSA) is 116 Å². The molecular formula is C18H28N8O. The molecule has 0 aromatic carbocycles. The monoisotopic (exact) mass is 372 g/mol. The first kappa shape index (κ1) is 19.1. The second-order valence-electron chi connectivity index (χ2n) is 7.06. The third-order valence-corrected chi connectivity index (χ3v) is 5.09. The minimum atomic E-state index is -0.0157. The molecule has 0 aliphatic carbocycles. The summed E-state index contributed by atoms with van der Waals surface area (Å²) in [5, 5.41) is 9.86. The smallest absolute Gasteiger partial charge is 0.317 e. The third kappa shape index (κ3) is 5.16. The first-order valence-electron chi connectivity index (χ1n) is 9.32. The number of rotatable bonds is 5. The fraction of sp³-hybridized carbons (Fsp3) is 0.556. The molecule has 4 N–H and O–H groups in total. The average molecular weight is 372 g/mol. The van der Waals surface area contributed by atoms with Crippen molar-refractivity contribution in [2.45, 2.75) is 45.3 Å². The molecule has 0 spiro atoms. The molecule has 1 aliphatic rings. The van der Waals surface area contributed by atoms with Gasteiger partial charge in [0.15, 0.2) is 0 Å². The van der Waals surface area contributed by atoms with Crippen molar-refractivity contribution >= 4 is 11.8 Å². The Hall–Kier alpha value is -2.68. The van der Waals surface area contributed by atoms with Crippen LogP contribution in [0.25, 0.3) is 0 Å². The third-order valence-electron chi connectivity index (χ3n) is 5.09. The molecule has 27 heavy (non-hydrogen) atoms. The molecule has 0 radical (unpaired) electrons. The maximum Gasteiger partial charge on any atom is 0.317 e. The Morgan fingerprint density at radius 3 is 3.04 bits per heavy atom. The van der Waals surface area contributed by atoms with Crippen LogP contribution in [0.15, 0.2) is 18.5 Å². The lowest BCUT2D eigenvalue weighted by molar-refractivity contribution is 0.190. The predicted molar refractivity (Wildman–Crippen MR) is 103 cm³/mol. The molecule has 3 heterocycles. The maximum absolute atomic E-state index is 12.5. The van der Waals surface area contributed by atoms with Gasteiger partial charge in [-0.2, -0.15) is 5.10 Å². The Balaban J connectivity index is 1.49. The summed E-state index contributed by atoms with van der Waals surface area (Å²) in [6.45, 7) is 4.61. The van der Waals surface area contributed by atoms with E-state index in [0.29, 0.717) is 24.9 Å². The Bertz CT molecular complexity index is 761. The van der Waals surface area contributed by atoms with Gasteiger partial charge in [-0.05, 0) is 39.3 Å². The van der Waals surface area contributed by atoms with Gasteiger partial charge < -0.3 is 16.0 Å². The lowest BCUT2D eigenvalue weighted by atomic mass is 10.1. The van der Waals surface area contributed by atoms with E-state index in [4.69, 9.17) is 5.73 Å². The molecule has 9 heteroatoms. The first-order valence-corrected chi connectivity index (χ1v) is 9.32. The van der Waals surface area contributed by atoms with Gasteiger partial charge in [0, 0.05) is 43.1 Å². The number of amides is 2. The van der Waals surface area contributed by atoms with E-state index < -0.39 is 0 Å². The maximum atomic E-state index is 12.5. The zero-order valence-electron chi connectivity index (χ0n) is 16.0. The molecule has 2 aromatic rings. The molecule has 2 amide bonds. The number of aromatic nitrogens is 4. The van der Waals surface area contributed by atoms with E-state index in [-0.39, 0.29) is 6.03 Å². The van der Waals surface area contributed by atoms with Gasteiger partial charge in [-0.1, -0.05) is 0 Å². The summed E-state index contributed by atoms with van der Waals surface area (Å²) in [4.78, 5) is 25.2. The lowest BCUT2D eigenvalue weighted by Gasteiger charge is -2.26. The number of carbonyl (C=O) groups excluding carboxylic acids is 1. The van der Waals surface area contributed by atoms with Crippen LogP contribution < -0.4 is 11.1 Å². The molecule has 1 fully saturated rings. The number of carbonyl (C=O) groups is 1. The Labute approximate surface area is 159 Å². The van der Waals surface area contributed by atoms with Crippen molar-refractivity contribution in [2.75, 3.05) is 25.9 Å². The zero-order chi connectivity index (χ0) is 19.2. The highest BCUT2D eigenvalue weighted by Crippen LogP contribution is 2.17. The predicted octanol–water partition coefficient (Wildman–Crippen LogP) is 1.29. The largest absolute Gasteiger partial charge is 0.384 e. The summed E-state index contributed by atoms with van der Waals surface area (Å²) in [5.41, 5.74) is 7.73. The van der Waals surface area contributed by atoms with E-state index in [0.717, 1.165) is 49.4 Å². The number of hydrogen-bond donors (Lipinski definition) is 3. The van der Waals surface area contributed by atoms with Gasteiger partial charge in [0.25, 0.3) is 0 Å². The summed E-state index contributed by atoms with van der Waals surface area (Å²) in [6.07, 6.45) is 6.39. The van der Waals surface area contributed by atoms with Gasteiger partial charge in [-0.15, -0.1) is 0 Å². The molecule has 0 unspecified atom stereocenters. The Morgan fingerprint density at radius 1 is 1.44 bits per heavy atom. The fourth-order valence-electron chi connectivity index (χ4n) is 3.40. The summed E-state index contributed by atoms with van der Waals surface area (Å²) in [7, 11) is 2.08. The second-order valence-corrected chi connectivity index (χ2v) is 7.06. The van der Waals surface area contributed by atoms with Crippen LogP contribution in [0, 0.1) is 6.92 Å². The summed E-state index contributed by atoms with van der Waals surface area (Å²) in [5.74, 6) is 1.22. The number of nitrogens with two attached hydrogens (primary N) is 1. The normalized spacial score (nSPS) is 17.7. The quantitative estimate of drug-likeness (QED) is 0.728. The van der Waals surface area contributed by atoms with Gasteiger partial charge in [-0.25, -0.2) is 14.8 Å². The zero-order valence-corrected chi connectivity index (χ0v) is 16.0. The summed E-state index contributed by atoms with van der Waals surface area (Å²) < 4.78 is 0. The van der Waals surface area contributed by atoms with Gasteiger partial charge in [0.1, 0.15) is 11.6 Å². The van der Waals surface area contributed by atoms with Crippen molar-refractivity contribution in [1.82, 2.24) is 35.3 Å². The molecule has 3 rings (SSSR count). The van der Waals surface area contributed by atoms with E-state index in [2.05, 4.69) is 37.4 Å². The minimum absolute atomic E-state index is 0.0157.